The summed E-state index contributed by atoms with van der Waals surface area (Å²) in [5.41, 5.74) is 0. The number of unbranched alkanes of at least 4 members (excludes halogenated alkanes) is 36. The van der Waals surface area contributed by atoms with Gasteiger partial charge in [0.2, 0.25) is 0 Å². The van der Waals surface area contributed by atoms with Crippen LogP contribution in [0.1, 0.15) is 304 Å². The van der Waals surface area contributed by atoms with Gasteiger partial charge in [-0.15, -0.1) is 0 Å². The van der Waals surface area contributed by atoms with E-state index in [2.05, 4.69) is 27.7 Å². The third-order valence-corrected chi connectivity index (χ3v) is 12.3. The van der Waals surface area contributed by atoms with Crippen LogP contribution in [0, 0.1) is 5.92 Å². The molecule has 356 valence electrons. The van der Waals surface area contributed by atoms with Gasteiger partial charge in [-0.05, 0) is 25.2 Å². The predicted molar refractivity (Wildman–Crippen MR) is 257 cm³/mol. The summed E-state index contributed by atoms with van der Waals surface area (Å²) in [6, 6.07) is 0. The maximum atomic E-state index is 12.8. The van der Waals surface area contributed by atoms with Crippen LogP contribution in [0.25, 0.3) is 0 Å². The zero-order valence-corrected chi connectivity index (χ0v) is 40.9. The van der Waals surface area contributed by atoms with Gasteiger partial charge in [0.15, 0.2) is 6.10 Å². The van der Waals surface area contributed by atoms with Crippen molar-refractivity contribution < 1.29 is 28.6 Å². The van der Waals surface area contributed by atoms with Crippen LogP contribution in [-0.4, -0.2) is 37.2 Å². The summed E-state index contributed by atoms with van der Waals surface area (Å²) in [5.74, 6) is -0.0518. The van der Waals surface area contributed by atoms with Crippen LogP contribution in [0.3, 0.4) is 0 Å². The highest BCUT2D eigenvalue weighted by atomic mass is 16.6. The average Bonchev–Trinajstić information content (AvgIpc) is 3.23. The lowest BCUT2D eigenvalue weighted by molar-refractivity contribution is -0.167. The van der Waals surface area contributed by atoms with Gasteiger partial charge >= 0.3 is 17.9 Å². The van der Waals surface area contributed by atoms with Gasteiger partial charge in [0, 0.05) is 19.3 Å². The van der Waals surface area contributed by atoms with Gasteiger partial charge in [0.1, 0.15) is 13.2 Å². The third kappa shape index (κ3) is 47.5. The average molecular weight is 849 g/mol. The highest BCUT2D eigenvalue weighted by molar-refractivity contribution is 5.71. The van der Waals surface area contributed by atoms with Gasteiger partial charge in [0.25, 0.3) is 0 Å². The highest BCUT2D eigenvalue weighted by Crippen LogP contribution is 2.17. The lowest BCUT2D eigenvalue weighted by Gasteiger charge is -2.18. The topological polar surface area (TPSA) is 78.9 Å². The first-order chi connectivity index (χ1) is 29.4. The van der Waals surface area contributed by atoms with E-state index in [0.29, 0.717) is 19.3 Å². The van der Waals surface area contributed by atoms with Crippen LogP contribution in [0.15, 0.2) is 0 Å². The quantitative estimate of drug-likeness (QED) is 0.0345. The van der Waals surface area contributed by atoms with Crippen molar-refractivity contribution in [2.45, 2.75) is 310 Å². The molecule has 0 amide bonds. The van der Waals surface area contributed by atoms with Crippen molar-refractivity contribution in [3.8, 4) is 0 Å². The molecule has 1 atom stereocenters. The normalized spacial score (nSPS) is 11.9. The molecular formula is C54H104O6. The molecule has 0 radical (unpaired) electrons. The van der Waals surface area contributed by atoms with E-state index in [1.54, 1.807) is 0 Å². The minimum atomic E-state index is -0.761. The first-order valence-electron chi connectivity index (χ1n) is 26.9. The Balaban J connectivity index is 4.23. The van der Waals surface area contributed by atoms with E-state index in [9.17, 15) is 14.4 Å². The van der Waals surface area contributed by atoms with Gasteiger partial charge in [-0.1, -0.05) is 265 Å². The molecule has 0 spiro atoms. The number of hydrogen-bond acceptors (Lipinski definition) is 6. The summed E-state index contributed by atoms with van der Waals surface area (Å²) in [6.07, 6.45) is 51.0. The van der Waals surface area contributed by atoms with E-state index in [1.807, 2.05) is 0 Å². The lowest BCUT2D eigenvalue weighted by Crippen LogP contribution is -2.30. The van der Waals surface area contributed by atoms with Crippen molar-refractivity contribution in [2.75, 3.05) is 13.2 Å². The van der Waals surface area contributed by atoms with Gasteiger partial charge in [-0.25, -0.2) is 0 Å². The largest absolute Gasteiger partial charge is 0.462 e. The molecule has 0 saturated heterocycles. The number of ether oxygens (including phenoxy) is 3. The second-order valence-electron chi connectivity index (χ2n) is 19.0. The van der Waals surface area contributed by atoms with Crippen molar-refractivity contribution in [2.24, 2.45) is 5.92 Å². The van der Waals surface area contributed by atoms with Crippen LogP contribution in [0.4, 0.5) is 0 Å². The van der Waals surface area contributed by atoms with Gasteiger partial charge in [-0.3, -0.25) is 14.4 Å². The number of esters is 3. The van der Waals surface area contributed by atoms with E-state index < -0.39 is 6.10 Å². The van der Waals surface area contributed by atoms with E-state index in [0.717, 1.165) is 63.7 Å². The Hall–Kier alpha value is -1.59. The van der Waals surface area contributed by atoms with E-state index in [-0.39, 0.29) is 31.1 Å². The Labute approximate surface area is 374 Å². The molecule has 0 heterocycles. The maximum Gasteiger partial charge on any atom is 0.306 e. The Bertz CT molecular complexity index is 903. The molecule has 0 unspecified atom stereocenters. The Morgan fingerprint density at radius 1 is 0.317 bits per heavy atom. The standard InChI is InChI=1S/C54H104O6/c1-5-7-9-11-13-15-17-19-20-21-22-23-24-25-27-29-34-38-42-46-53(56)59-49-51(60-54(57)47-43-39-35-31-30-32-36-40-44-50(3)4)48-58-52(55)45-41-37-33-28-26-18-16-14-12-10-8-6-2/h50-51H,5-49H2,1-4H3/t51-/m1/s1. The number of hydrogen-bond donors (Lipinski definition) is 0. The molecule has 0 aromatic heterocycles. The molecule has 0 rings (SSSR count). The van der Waals surface area contributed by atoms with Crippen molar-refractivity contribution in [3.05, 3.63) is 0 Å². The number of carbonyl (C=O) groups is 3. The van der Waals surface area contributed by atoms with Crippen LogP contribution < -0.4 is 0 Å². The second kappa shape index (κ2) is 48.4. The minimum absolute atomic E-state index is 0.0631. The summed E-state index contributed by atoms with van der Waals surface area (Å²) in [5, 5.41) is 0. The maximum absolute atomic E-state index is 12.8. The Morgan fingerprint density at radius 2 is 0.550 bits per heavy atom. The molecule has 0 aliphatic rings. The van der Waals surface area contributed by atoms with Crippen LogP contribution in [-0.2, 0) is 28.6 Å². The first kappa shape index (κ1) is 58.4. The van der Waals surface area contributed by atoms with Crippen molar-refractivity contribution in [1.29, 1.82) is 0 Å². The van der Waals surface area contributed by atoms with Crippen LogP contribution in [0.2, 0.25) is 0 Å². The van der Waals surface area contributed by atoms with Crippen molar-refractivity contribution in [1.82, 2.24) is 0 Å². The van der Waals surface area contributed by atoms with E-state index >= 15 is 0 Å². The molecule has 0 saturated carbocycles. The number of rotatable bonds is 49. The van der Waals surface area contributed by atoms with E-state index in [1.165, 1.54) is 199 Å². The Kier molecular flexibility index (Phi) is 47.2. The van der Waals surface area contributed by atoms with Crippen LogP contribution in [0.5, 0.6) is 0 Å². The fourth-order valence-corrected chi connectivity index (χ4v) is 8.22. The molecule has 6 nitrogen and oxygen atoms in total. The second-order valence-corrected chi connectivity index (χ2v) is 19.0. The molecule has 0 aliphatic carbocycles. The number of carbonyl (C=O) groups excluding carboxylic acids is 3. The third-order valence-electron chi connectivity index (χ3n) is 12.3. The molecular weight excluding hydrogens is 745 g/mol. The fraction of sp³-hybridized carbons (Fsp3) is 0.944. The van der Waals surface area contributed by atoms with Gasteiger partial charge < -0.3 is 14.2 Å². The van der Waals surface area contributed by atoms with Crippen LogP contribution >= 0.6 is 0 Å². The lowest BCUT2D eigenvalue weighted by atomic mass is 10.0. The molecule has 0 N–H and O–H groups in total. The summed E-state index contributed by atoms with van der Waals surface area (Å²) in [7, 11) is 0. The summed E-state index contributed by atoms with van der Waals surface area (Å²) < 4.78 is 16.8. The molecule has 0 aromatic carbocycles. The smallest absolute Gasteiger partial charge is 0.306 e. The zero-order chi connectivity index (χ0) is 43.8. The molecule has 0 aliphatic heterocycles. The Morgan fingerprint density at radius 3 is 0.817 bits per heavy atom. The van der Waals surface area contributed by atoms with Crippen molar-refractivity contribution >= 4 is 17.9 Å². The van der Waals surface area contributed by atoms with Gasteiger partial charge in [-0.2, -0.15) is 0 Å². The first-order valence-corrected chi connectivity index (χ1v) is 26.9. The molecule has 6 heteroatoms. The van der Waals surface area contributed by atoms with Crippen molar-refractivity contribution in [3.63, 3.8) is 0 Å². The predicted octanol–water partition coefficient (Wildman–Crippen LogP) is 17.5. The zero-order valence-electron chi connectivity index (χ0n) is 40.9. The van der Waals surface area contributed by atoms with E-state index in [4.69, 9.17) is 14.2 Å². The molecule has 0 bridgehead atoms. The summed E-state index contributed by atoms with van der Waals surface area (Å²) in [6.45, 7) is 9.00. The SMILES string of the molecule is CCCCCCCCCCCCCCCCCCCCCC(=O)OC[C@@H](COC(=O)CCCCCCCCCCCCCC)OC(=O)CCCCCCCCCCC(C)C. The molecule has 0 aromatic rings. The minimum Gasteiger partial charge on any atom is -0.462 e. The summed E-state index contributed by atoms with van der Waals surface area (Å²) >= 11 is 0. The highest BCUT2D eigenvalue weighted by Gasteiger charge is 2.19. The molecule has 0 fully saturated rings. The fourth-order valence-electron chi connectivity index (χ4n) is 8.22. The summed E-state index contributed by atoms with van der Waals surface area (Å²) in [4.78, 5) is 37.9. The van der Waals surface area contributed by atoms with Gasteiger partial charge in [0.05, 0.1) is 0 Å². The molecule has 60 heavy (non-hydrogen) atoms. The monoisotopic (exact) mass is 849 g/mol.